The van der Waals surface area contributed by atoms with Crippen LogP contribution in [0.4, 0.5) is 4.39 Å². The zero-order valence-electron chi connectivity index (χ0n) is 16.2. The van der Waals surface area contributed by atoms with Gasteiger partial charge < -0.3 is 5.11 Å². The molecule has 1 N–H and O–H groups in total. The number of rotatable bonds is 5. The first-order valence-corrected chi connectivity index (χ1v) is 11.2. The standard InChI is InChI=1S/C19H28FN3O4S/c1-15-6-7-16(14-17(15)20)18(19(24)25)21-8-5-11-23(13-12-21)28(26,27)22-9-3-2-4-10-22/h6-7,14,18H,2-5,8-13H2,1H3,(H,24,25). The average molecular weight is 414 g/mol. The van der Waals surface area contributed by atoms with E-state index in [-0.39, 0.29) is 6.54 Å². The Bertz CT molecular complexity index is 811. The maximum atomic E-state index is 14.0. The second kappa shape index (κ2) is 8.86. The molecule has 0 aliphatic carbocycles. The highest BCUT2D eigenvalue weighted by Gasteiger charge is 2.35. The third-order valence-corrected chi connectivity index (χ3v) is 7.60. The van der Waals surface area contributed by atoms with E-state index in [1.165, 1.54) is 14.7 Å². The molecule has 2 heterocycles. The average Bonchev–Trinajstić information content (AvgIpc) is 2.92. The molecule has 0 radical (unpaired) electrons. The van der Waals surface area contributed by atoms with E-state index in [0.29, 0.717) is 50.3 Å². The molecule has 9 heteroatoms. The van der Waals surface area contributed by atoms with Gasteiger partial charge in [0.05, 0.1) is 0 Å². The normalized spacial score (nSPS) is 21.9. The number of hydrogen-bond donors (Lipinski definition) is 1. The summed E-state index contributed by atoms with van der Waals surface area (Å²) in [5.41, 5.74) is 0.838. The summed E-state index contributed by atoms with van der Waals surface area (Å²) in [6.07, 6.45) is 3.33. The molecule has 156 valence electrons. The Balaban J connectivity index is 1.75. The van der Waals surface area contributed by atoms with Crippen LogP contribution in [0.3, 0.4) is 0 Å². The van der Waals surface area contributed by atoms with Crippen molar-refractivity contribution in [2.24, 2.45) is 0 Å². The predicted molar refractivity (Wildman–Crippen MR) is 104 cm³/mol. The van der Waals surface area contributed by atoms with Crippen molar-refractivity contribution in [1.29, 1.82) is 0 Å². The highest BCUT2D eigenvalue weighted by molar-refractivity contribution is 7.86. The van der Waals surface area contributed by atoms with E-state index in [2.05, 4.69) is 0 Å². The SMILES string of the molecule is Cc1ccc(C(C(=O)O)N2CCCN(S(=O)(=O)N3CCCCC3)CC2)cc1F. The number of carbonyl (C=O) groups is 1. The van der Waals surface area contributed by atoms with Gasteiger partial charge >= 0.3 is 5.97 Å². The van der Waals surface area contributed by atoms with Crippen LogP contribution in [0, 0.1) is 12.7 Å². The summed E-state index contributed by atoms with van der Waals surface area (Å²) >= 11 is 0. The van der Waals surface area contributed by atoms with E-state index in [1.807, 2.05) is 0 Å². The van der Waals surface area contributed by atoms with Gasteiger partial charge in [0, 0.05) is 39.3 Å². The molecule has 2 aliphatic heterocycles. The number of piperidine rings is 1. The number of benzene rings is 1. The molecule has 0 aromatic heterocycles. The molecule has 3 rings (SSSR count). The zero-order chi connectivity index (χ0) is 20.3. The Kier molecular flexibility index (Phi) is 6.69. The molecule has 2 saturated heterocycles. The summed E-state index contributed by atoms with van der Waals surface area (Å²) in [5, 5.41) is 9.76. The van der Waals surface area contributed by atoms with Crippen molar-refractivity contribution in [3.05, 3.63) is 35.1 Å². The zero-order valence-corrected chi connectivity index (χ0v) is 17.0. The number of aliphatic carboxylic acids is 1. The van der Waals surface area contributed by atoms with Crippen molar-refractivity contribution < 1.29 is 22.7 Å². The molecular weight excluding hydrogens is 385 g/mol. The summed E-state index contributed by atoms with van der Waals surface area (Å²) in [6.45, 7) is 4.05. The minimum Gasteiger partial charge on any atom is -0.480 e. The summed E-state index contributed by atoms with van der Waals surface area (Å²) in [6, 6.07) is 3.48. The number of hydrogen-bond acceptors (Lipinski definition) is 4. The van der Waals surface area contributed by atoms with Gasteiger partial charge in [0.25, 0.3) is 10.2 Å². The van der Waals surface area contributed by atoms with Gasteiger partial charge in [0.2, 0.25) is 0 Å². The topological polar surface area (TPSA) is 81.2 Å². The van der Waals surface area contributed by atoms with Gasteiger partial charge in [-0.15, -0.1) is 0 Å². The van der Waals surface area contributed by atoms with Gasteiger partial charge in [-0.3, -0.25) is 9.69 Å². The van der Waals surface area contributed by atoms with Crippen molar-refractivity contribution in [3.8, 4) is 0 Å². The lowest BCUT2D eigenvalue weighted by molar-refractivity contribution is -0.143. The van der Waals surface area contributed by atoms with Gasteiger partial charge in [-0.1, -0.05) is 18.6 Å². The van der Waals surface area contributed by atoms with Crippen LogP contribution < -0.4 is 0 Å². The van der Waals surface area contributed by atoms with Crippen LogP contribution in [-0.4, -0.2) is 72.3 Å². The van der Waals surface area contributed by atoms with Crippen molar-refractivity contribution in [2.75, 3.05) is 39.3 Å². The van der Waals surface area contributed by atoms with Crippen LogP contribution in [-0.2, 0) is 15.0 Å². The summed E-state index contributed by atoms with van der Waals surface area (Å²) in [4.78, 5) is 13.7. The monoisotopic (exact) mass is 413 g/mol. The first kappa shape index (κ1) is 21.2. The van der Waals surface area contributed by atoms with Crippen LogP contribution in [0.5, 0.6) is 0 Å². The van der Waals surface area contributed by atoms with E-state index in [9.17, 15) is 22.7 Å². The lowest BCUT2D eigenvalue weighted by atomic mass is 10.0. The van der Waals surface area contributed by atoms with Crippen LogP contribution in [0.2, 0.25) is 0 Å². The van der Waals surface area contributed by atoms with Gasteiger partial charge in [0.1, 0.15) is 11.9 Å². The first-order valence-electron chi connectivity index (χ1n) is 9.79. The lowest BCUT2D eigenvalue weighted by Gasteiger charge is -2.32. The molecule has 1 aromatic rings. The fourth-order valence-corrected chi connectivity index (χ4v) is 5.67. The Morgan fingerprint density at radius 3 is 2.29 bits per heavy atom. The molecule has 1 atom stereocenters. The van der Waals surface area contributed by atoms with Gasteiger partial charge in [-0.2, -0.15) is 17.0 Å². The van der Waals surface area contributed by atoms with Crippen molar-refractivity contribution in [2.45, 2.75) is 38.6 Å². The Labute approximate surface area is 165 Å². The lowest BCUT2D eigenvalue weighted by Crippen LogP contribution is -2.47. The van der Waals surface area contributed by atoms with E-state index in [4.69, 9.17) is 0 Å². The van der Waals surface area contributed by atoms with Crippen LogP contribution in [0.1, 0.15) is 42.9 Å². The van der Waals surface area contributed by atoms with Crippen molar-refractivity contribution in [3.63, 3.8) is 0 Å². The molecule has 2 fully saturated rings. The maximum absolute atomic E-state index is 14.0. The number of carboxylic acid groups (broad SMARTS) is 1. The minimum atomic E-state index is -3.52. The smallest absolute Gasteiger partial charge is 0.325 e. The Morgan fingerprint density at radius 1 is 1.00 bits per heavy atom. The Morgan fingerprint density at radius 2 is 1.64 bits per heavy atom. The summed E-state index contributed by atoms with van der Waals surface area (Å²) in [5.74, 6) is -1.50. The first-order chi connectivity index (χ1) is 13.3. The molecule has 0 saturated carbocycles. The molecular formula is C19H28FN3O4S. The van der Waals surface area contributed by atoms with E-state index < -0.39 is 28.0 Å². The van der Waals surface area contributed by atoms with Gasteiger partial charge in [0.15, 0.2) is 0 Å². The minimum absolute atomic E-state index is 0.233. The number of halogens is 1. The quantitative estimate of drug-likeness (QED) is 0.799. The fraction of sp³-hybridized carbons (Fsp3) is 0.632. The molecule has 0 bridgehead atoms. The summed E-state index contributed by atoms with van der Waals surface area (Å²) < 4.78 is 42.8. The van der Waals surface area contributed by atoms with E-state index in [1.54, 1.807) is 24.0 Å². The van der Waals surface area contributed by atoms with E-state index in [0.717, 1.165) is 19.3 Å². The summed E-state index contributed by atoms with van der Waals surface area (Å²) in [7, 11) is -3.52. The molecule has 0 spiro atoms. The van der Waals surface area contributed by atoms with Crippen LogP contribution >= 0.6 is 0 Å². The third kappa shape index (κ3) is 4.53. The molecule has 1 aromatic carbocycles. The molecule has 2 aliphatic rings. The predicted octanol–water partition coefficient (Wildman–Crippen LogP) is 2.00. The highest BCUT2D eigenvalue weighted by Crippen LogP contribution is 2.26. The maximum Gasteiger partial charge on any atom is 0.325 e. The van der Waals surface area contributed by atoms with Gasteiger partial charge in [-0.25, -0.2) is 4.39 Å². The molecule has 1 unspecified atom stereocenters. The van der Waals surface area contributed by atoms with Crippen molar-refractivity contribution in [1.82, 2.24) is 13.5 Å². The third-order valence-electron chi connectivity index (χ3n) is 5.57. The van der Waals surface area contributed by atoms with Crippen LogP contribution in [0.15, 0.2) is 18.2 Å². The fourth-order valence-electron chi connectivity index (χ4n) is 3.95. The van der Waals surface area contributed by atoms with Crippen molar-refractivity contribution >= 4 is 16.2 Å². The molecule has 28 heavy (non-hydrogen) atoms. The highest BCUT2D eigenvalue weighted by atomic mass is 32.2. The largest absolute Gasteiger partial charge is 0.480 e. The molecule has 0 amide bonds. The number of aryl methyl sites for hydroxylation is 1. The van der Waals surface area contributed by atoms with Crippen LogP contribution in [0.25, 0.3) is 0 Å². The number of nitrogens with zero attached hydrogens (tertiary/aromatic N) is 3. The van der Waals surface area contributed by atoms with E-state index >= 15 is 0 Å². The van der Waals surface area contributed by atoms with Gasteiger partial charge in [-0.05, 0) is 43.4 Å². The second-order valence-corrected chi connectivity index (χ2v) is 9.43. The Hall–Kier alpha value is -1.55. The second-order valence-electron chi connectivity index (χ2n) is 7.51. The molecule has 7 nitrogen and oxygen atoms in total. The number of carboxylic acids is 1.